The van der Waals surface area contributed by atoms with Crippen molar-refractivity contribution in [3.63, 3.8) is 0 Å². The summed E-state index contributed by atoms with van der Waals surface area (Å²) in [5, 5.41) is 3.90. The molecule has 0 saturated carbocycles. The molecule has 8 heteroatoms. The van der Waals surface area contributed by atoms with Crippen LogP contribution in [0, 0.1) is 0 Å². The SMILES string of the molecule is O=c1c2ccc3ccccc3[n+]2[nH]n1-c1ccc(OC(F)(F)F)cc1. The van der Waals surface area contributed by atoms with Crippen molar-refractivity contribution in [2.45, 2.75) is 6.36 Å². The van der Waals surface area contributed by atoms with Gasteiger partial charge in [0.2, 0.25) is 5.52 Å². The maximum Gasteiger partial charge on any atom is 0.573 e. The Morgan fingerprint density at radius 3 is 2.36 bits per heavy atom. The Bertz CT molecular complexity index is 1130. The Labute approximate surface area is 138 Å². The lowest BCUT2D eigenvalue weighted by Gasteiger charge is -2.08. The van der Waals surface area contributed by atoms with E-state index < -0.39 is 6.36 Å². The van der Waals surface area contributed by atoms with Gasteiger partial charge in [-0.2, -0.15) is 0 Å². The van der Waals surface area contributed by atoms with E-state index in [4.69, 9.17) is 0 Å². The highest BCUT2D eigenvalue weighted by Gasteiger charge is 2.31. The second kappa shape index (κ2) is 5.37. The Balaban J connectivity index is 1.83. The first-order valence-electron chi connectivity index (χ1n) is 7.33. The number of ether oxygens (including phenoxy) is 1. The summed E-state index contributed by atoms with van der Waals surface area (Å²) in [6.45, 7) is 0. The number of aromatic amines is 1. The minimum absolute atomic E-state index is 0.310. The van der Waals surface area contributed by atoms with Crippen molar-refractivity contribution in [2.75, 3.05) is 0 Å². The van der Waals surface area contributed by atoms with Crippen LogP contribution in [0.5, 0.6) is 5.75 Å². The first kappa shape index (κ1) is 15.3. The van der Waals surface area contributed by atoms with Crippen molar-refractivity contribution in [2.24, 2.45) is 0 Å². The number of halogens is 3. The molecule has 2 aromatic heterocycles. The summed E-state index contributed by atoms with van der Waals surface area (Å²) in [7, 11) is 0. The smallest absolute Gasteiger partial charge is 0.406 e. The van der Waals surface area contributed by atoms with Crippen LogP contribution >= 0.6 is 0 Å². The summed E-state index contributed by atoms with van der Waals surface area (Å²) in [6.07, 6.45) is -4.76. The van der Waals surface area contributed by atoms with Crippen LogP contribution < -0.4 is 14.8 Å². The molecule has 0 unspecified atom stereocenters. The van der Waals surface area contributed by atoms with Gasteiger partial charge in [0, 0.05) is 5.39 Å². The molecule has 0 amide bonds. The Hall–Kier alpha value is -3.29. The molecule has 2 aromatic carbocycles. The standard InChI is InChI=1S/C17H10F3N3O2/c18-17(19,20)25-13-8-6-12(7-9-13)22-16(24)15-10-5-11-3-1-2-4-14(11)23(15)21-22/h1-10H/p+1. The lowest BCUT2D eigenvalue weighted by atomic mass is 10.2. The Kier molecular flexibility index (Phi) is 3.28. The summed E-state index contributed by atoms with van der Waals surface area (Å²) in [6, 6.07) is 16.1. The molecule has 0 aliphatic heterocycles. The van der Waals surface area contributed by atoms with E-state index in [0.717, 1.165) is 23.0 Å². The molecule has 0 radical (unpaired) electrons. The van der Waals surface area contributed by atoms with Gasteiger partial charge in [0.05, 0.1) is 0 Å². The third-order valence-corrected chi connectivity index (χ3v) is 3.79. The summed E-state index contributed by atoms with van der Waals surface area (Å²) < 4.78 is 43.4. The Morgan fingerprint density at radius 1 is 0.920 bits per heavy atom. The van der Waals surface area contributed by atoms with Crippen LogP contribution in [0.2, 0.25) is 0 Å². The van der Waals surface area contributed by atoms with Crippen molar-refractivity contribution >= 4 is 16.4 Å². The number of benzene rings is 2. The highest BCUT2D eigenvalue weighted by molar-refractivity contribution is 5.76. The van der Waals surface area contributed by atoms with E-state index in [1.165, 1.54) is 16.8 Å². The molecular weight excluding hydrogens is 335 g/mol. The van der Waals surface area contributed by atoms with Crippen LogP contribution in [0.3, 0.4) is 0 Å². The first-order valence-corrected chi connectivity index (χ1v) is 7.33. The molecule has 4 rings (SSSR count). The average Bonchev–Trinajstić information content (AvgIpc) is 2.92. The molecular formula is C17H11F3N3O2+. The van der Waals surface area contributed by atoms with E-state index in [9.17, 15) is 18.0 Å². The first-order chi connectivity index (χ1) is 11.9. The molecule has 4 aromatic rings. The van der Waals surface area contributed by atoms with E-state index >= 15 is 0 Å². The van der Waals surface area contributed by atoms with E-state index in [0.29, 0.717) is 11.2 Å². The second-order valence-corrected chi connectivity index (χ2v) is 5.40. The highest BCUT2D eigenvalue weighted by Crippen LogP contribution is 2.23. The van der Waals surface area contributed by atoms with Crippen molar-refractivity contribution < 1.29 is 22.4 Å². The van der Waals surface area contributed by atoms with Crippen molar-refractivity contribution in [3.8, 4) is 11.4 Å². The number of aromatic nitrogens is 3. The highest BCUT2D eigenvalue weighted by atomic mass is 19.4. The zero-order valence-corrected chi connectivity index (χ0v) is 12.6. The van der Waals surface area contributed by atoms with Crippen LogP contribution in [-0.2, 0) is 0 Å². The lowest BCUT2D eigenvalue weighted by molar-refractivity contribution is -0.555. The van der Waals surface area contributed by atoms with Gasteiger partial charge in [-0.05, 0) is 42.5 Å². The van der Waals surface area contributed by atoms with Crippen LogP contribution in [0.4, 0.5) is 13.2 Å². The van der Waals surface area contributed by atoms with E-state index in [1.807, 2.05) is 30.3 Å². The minimum Gasteiger partial charge on any atom is -0.406 e. The number of rotatable bonds is 2. The molecule has 0 bridgehead atoms. The summed E-state index contributed by atoms with van der Waals surface area (Å²) >= 11 is 0. The molecule has 0 aliphatic carbocycles. The number of H-pyrrole nitrogens is 1. The maximum atomic E-state index is 12.6. The molecule has 126 valence electrons. The molecule has 0 saturated heterocycles. The number of hydrogen-bond donors (Lipinski definition) is 1. The molecule has 5 nitrogen and oxygen atoms in total. The summed E-state index contributed by atoms with van der Waals surface area (Å²) in [5.41, 5.74) is 1.32. The van der Waals surface area contributed by atoms with Gasteiger partial charge in [-0.1, -0.05) is 28.1 Å². The molecule has 0 aliphatic rings. The molecule has 0 spiro atoms. The second-order valence-electron chi connectivity index (χ2n) is 5.40. The zero-order valence-electron chi connectivity index (χ0n) is 12.6. The number of nitrogens with one attached hydrogen (secondary N) is 1. The topological polar surface area (TPSA) is 51.1 Å². The molecule has 0 atom stereocenters. The van der Waals surface area contributed by atoms with E-state index in [-0.39, 0.29) is 11.3 Å². The lowest BCUT2D eigenvalue weighted by Crippen LogP contribution is -2.25. The average molecular weight is 346 g/mol. The molecule has 0 fully saturated rings. The largest absolute Gasteiger partial charge is 0.573 e. The van der Waals surface area contributed by atoms with E-state index in [1.54, 1.807) is 10.6 Å². The van der Waals surface area contributed by atoms with Gasteiger partial charge in [0.15, 0.2) is 11.2 Å². The Morgan fingerprint density at radius 2 is 1.64 bits per heavy atom. The quantitative estimate of drug-likeness (QED) is 0.568. The van der Waals surface area contributed by atoms with Crippen molar-refractivity contribution in [1.82, 2.24) is 9.90 Å². The van der Waals surface area contributed by atoms with Gasteiger partial charge in [0.25, 0.3) is 0 Å². The summed E-state index contributed by atoms with van der Waals surface area (Å²) in [4.78, 5) is 12.6. The number of hydrogen-bond acceptors (Lipinski definition) is 2. The van der Waals surface area contributed by atoms with Gasteiger partial charge < -0.3 is 4.74 Å². The van der Waals surface area contributed by atoms with Gasteiger partial charge in [0.1, 0.15) is 5.75 Å². The molecule has 2 heterocycles. The molecule has 25 heavy (non-hydrogen) atoms. The van der Waals surface area contributed by atoms with Gasteiger partial charge in [-0.3, -0.25) is 0 Å². The predicted octanol–water partition coefficient (Wildman–Crippen LogP) is 2.96. The van der Waals surface area contributed by atoms with Crippen LogP contribution in [0.15, 0.2) is 65.5 Å². The van der Waals surface area contributed by atoms with E-state index in [2.05, 4.69) is 9.95 Å². The zero-order chi connectivity index (χ0) is 17.6. The number of pyridine rings is 1. The number of nitrogens with zero attached hydrogens (tertiary/aromatic N) is 2. The number of para-hydroxylation sites is 1. The van der Waals surface area contributed by atoms with Gasteiger partial charge in [-0.15, -0.1) is 17.7 Å². The minimum atomic E-state index is -4.76. The van der Waals surface area contributed by atoms with Gasteiger partial charge in [-0.25, -0.2) is 4.79 Å². The summed E-state index contributed by atoms with van der Waals surface area (Å²) in [5.74, 6) is -0.349. The fourth-order valence-corrected chi connectivity index (χ4v) is 2.71. The number of alkyl halides is 3. The van der Waals surface area contributed by atoms with Crippen molar-refractivity contribution in [1.29, 1.82) is 0 Å². The third-order valence-electron chi connectivity index (χ3n) is 3.79. The third kappa shape index (κ3) is 2.71. The predicted molar refractivity (Wildman–Crippen MR) is 83.7 cm³/mol. The van der Waals surface area contributed by atoms with Crippen LogP contribution in [0.1, 0.15) is 0 Å². The molecule has 1 N–H and O–H groups in total. The fourth-order valence-electron chi connectivity index (χ4n) is 2.71. The number of fused-ring (bicyclic) bond motifs is 3. The fraction of sp³-hybridized carbons (Fsp3) is 0.0588. The van der Waals surface area contributed by atoms with Crippen LogP contribution in [-0.4, -0.2) is 16.3 Å². The monoisotopic (exact) mass is 346 g/mol. The van der Waals surface area contributed by atoms with Crippen LogP contribution in [0.25, 0.3) is 22.1 Å². The maximum absolute atomic E-state index is 12.6. The van der Waals surface area contributed by atoms with Gasteiger partial charge >= 0.3 is 11.9 Å². The normalized spacial score (nSPS) is 12.0. The van der Waals surface area contributed by atoms with Crippen molar-refractivity contribution in [3.05, 3.63) is 71.0 Å².